The summed E-state index contributed by atoms with van der Waals surface area (Å²) in [5.41, 5.74) is 7.59. The summed E-state index contributed by atoms with van der Waals surface area (Å²) < 4.78 is 0. The number of anilines is 1. The molecule has 4 N–H and O–H groups in total. The van der Waals surface area contributed by atoms with Gasteiger partial charge in [0.15, 0.2) is 0 Å². The summed E-state index contributed by atoms with van der Waals surface area (Å²) in [6.07, 6.45) is 5.56. The summed E-state index contributed by atoms with van der Waals surface area (Å²) in [6.45, 7) is 3.21. The fourth-order valence-electron chi connectivity index (χ4n) is 2.35. The van der Waals surface area contributed by atoms with Gasteiger partial charge in [-0.2, -0.15) is 0 Å². The van der Waals surface area contributed by atoms with E-state index in [1.165, 1.54) is 0 Å². The van der Waals surface area contributed by atoms with E-state index in [0.717, 1.165) is 29.0 Å². The first-order chi connectivity index (χ1) is 10.6. The Kier molecular flexibility index (Phi) is 4.35. The van der Waals surface area contributed by atoms with Crippen LogP contribution in [0.25, 0.3) is 11.0 Å². The topological polar surface area (TPSA) is 87.0 Å². The number of aromatic nitrogens is 2. The standard InChI is InChI=1S/C15H19N5OS/c1-10(16)8-19-15(21)13-9-20(6-7-22-13)12-3-5-18-14-11(12)2-4-17-14/h2-5,9-10H,6-8,16H2,1H3,(H,17,18)(H,19,21)/t10-/m1/s1. The molecule has 1 aliphatic rings. The monoisotopic (exact) mass is 317 g/mol. The number of carbonyl (C=O) groups excluding carboxylic acids is 1. The van der Waals surface area contributed by atoms with E-state index in [-0.39, 0.29) is 11.9 Å². The van der Waals surface area contributed by atoms with Crippen LogP contribution in [0.3, 0.4) is 0 Å². The maximum atomic E-state index is 12.2. The van der Waals surface area contributed by atoms with Crippen molar-refractivity contribution < 1.29 is 4.79 Å². The summed E-state index contributed by atoms with van der Waals surface area (Å²) in [5, 5.41) is 3.91. The number of thioether (sulfide) groups is 1. The Balaban J connectivity index is 1.84. The second-order valence-electron chi connectivity index (χ2n) is 5.29. The summed E-state index contributed by atoms with van der Waals surface area (Å²) >= 11 is 1.57. The second-order valence-corrected chi connectivity index (χ2v) is 6.43. The van der Waals surface area contributed by atoms with Crippen LogP contribution >= 0.6 is 11.8 Å². The van der Waals surface area contributed by atoms with Gasteiger partial charge >= 0.3 is 0 Å². The number of aromatic amines is 1. The molecule has 1 aliphatic heterocycles. The molecule has 0 spiro atoms. The van der Waals surface area contributed by atoms with Gasteiger partial charge in [-0.3, -0.25) is 4.79 Å². The Morgan fingerprint density at radius 2 is 2.45 bits per heavy atom. The number of rotatable bonds is 4. The molecular formula is C15H19N5OS. The van der Waals surface area contributed by atoms with Crippen molar-refractivity contribution in [3.05, 3.63) is 35.6 Å². The van der Waals surface area contributed by atoms with E-state index < -0.39 is 0 Å². The van der Waals surface area contributed by atoms with Gasteiger partial charge in [-0.15, -0.1) is 11.8 Å². The van der Waals surface area contributed by atoms with Crippen LogP contribution in [0.1, 0.15) is 6.92 Å². The van der Waals surface area contributed by atoms with Crippen LogP contribution in [0.15, 0.2) is 35.6 Å². The summed E-state index contributed by atoms with van der Waals surface area (Å²) in [6, 6.07) is 3.93. The number of carbonyl (C=O) groups is 1. The van der Waals surface area contributed by atoms with Crippen LogP contribution in [-0.2, 0) is 4.79 Å². The minimum atomic E-state index is -0.0635. The zero-order valence-electron chi connectivity index (χ0n) is 12.4. The molecule has 0 fully saturated rings. The van der Waals surface area contributed by atoms with Crippen LogP contribution in [0.4, 0.5) is 5.69 Å². The molecule has 0 unspecified atom stereocenters. The highest BCUT2D eigenvalue weighted by Gasteiger charge is 2.19. The molecule has 0 aliphatic carbocycles. The Labute approximate surface area is 133 Å². The van der Waals surface area contributed by atoms with Gasteiger partial charge in [0.1, 0.15) is 5.65 Å². The molecule has 0 aromatic carbocycles. The average Bonchev–Trinajstić information content (AvgIpc) is 3.01. The SMILES string of the molecule is C[C@@H](N)CNC(=O)C1=CN(c2ccnc3[nH]ccc23)CCS1. The number of hydrogen-bond acceptors (Lipinski definition) is 5. The summed E-state index contributed by atoms with van der Waals surface area (Å²) in [5.74, 6) is 0.803. The molecule has 2 aromatic rings. The third kappa shape index (κ3) is 3.10. The zero-order chi connectivity index (χ0) is 15.5. The van der Waals surface area contributed by atoms with E-state index in [9.17, 15) is 4.79 Å². The molecule has 3 heterocycles. The smallest absolute Gasteiger partial charge is 0.259 e. The summed E-state index contributed by atoms with van der Waals surface area (Å²) in [7, 11) is 0. The number of nitrogens with two attached hydrogens (primary N) is 1. The predicted octanol–water partition coefficient (Wildman–Crippen LogP) is 1.42. The lowest BCUT2D eigenvalue weighted by molar-refractivity contribution is -0.116. The van der Waals surface area contributed by atoms with Gasteiger partial charge in [0.05, 0.1) is 10.6 Å². The molecule has 1 amide bonds. The maximum absolute atomic E-state index is 12.2. The van der Waals surface area contributed by atoms with Crippen molar-refractivity contribution in [3.63, 3.8) is 0 Å². The average molecular weight is 317 g/mol. The van der Waals surface area contributed by atoms with Crippen molar-refractivity contribution in [2.75, 3.05) is 23.7 Å². The highest BCUT2D eigenvalue weighted by atomic mass is 32.2. The second kappa shape index (κ2) is 6.41. The number of amides is 1. The minimum absolute atomic E-state index is 0.0473. The number of nitrogens with zero attached hydrogens (tertiary/aromatic N) is 2. The number of H-pyrrole nitrogens is 1. The molecule has 6 nitrogen and oxygen atoms in total. The van der Waals surface area contributed by atoms with Crippen LogP contribution in [0, 0.1) is 0 Å². The van der Waals surface area contributed by atoms with E-state index in [4.69, 9.17) is 5.73 Å². The van der Waals surface area contributed by atoms with Crippen LogP contribution in [-0.4, -0.2) is 40.8 Å². The van der Waals surface area contributed by atoms with Gasteiger partial charge in [-0.1, -0.05) is 0 Å². The fraction of sp³-hybridized carbons (Fsp3) is 0.333. The van der Waals surface area contributed by atoms with Crippen LogP contribution in [0.5, 0.6) is 0 Å². The van der Waals surface area contributed by atoms with Crippen LogP contribution < -0.4 is 16.0 Å². The Bertz CT molecular complexity index is 709. The molecule has 0 radical (unpaired) electrons. The van der Waals surface area contributed by atoms with Crippen molar-refractivity contribution in [3.8, 4) is 0 Å². The number of pyridine rings is 1. The molecule has 22 heavy (non-hydrogen) atoms. The molecule has 3 rings (SSSR count). The molecule has 2 aromatic heterocycles. The first-order valence-corrected chi connectivity index (χ1v) is 8.21. The van der Waals surface area contributed by atoms with E-state index >= 15 is 0 Å². The lowest BCUT2D eigenvalue weighted by Crippen LogP contribution is -2.37. The van der Waals surface area contributed by atoms with Crippen molar-refractivity contribution in [2.45, 2.75) is 13.0 Å². The minimum Gasteiger partial charge on any atom is -0.350 e. The van der Waals surface area contributed by atoms with E-state index in [1.807, 2.05) is 31.5 Å². The van der Waals surface area contributed by atoms with Crippen molar-refractivity contribution in [2.24, 2.45) is 5.73 Å². The largest absolute Gasteiger partial charge is 0.350 e. The van der Waals surface area contributed by atoms with E-state index in [0.29, 0.717) is 11.4 Å². The van der Waals surface area contributed by atoms with Crippen molar-refractivity contribution in [1.29, 1.82) is 0 Å². The summed E-state index contributed by atoms with van der Waals surface area (Å²) in [4.78, 5) is 22.4. The quantitative estimate of drug-likeness (QED) is 0.794. The predicted molar refractivity (Wildman–Crippen MR) is 90.6 cm³/mol. The van der Waals surface area contributed by atoms with Gasteiger partial charge < -0.3 is 20.9 Å². The number of fused-ring (bicyclic) bond motifs is 1. The lowest BCUT2D eigenvalue weighted by atomic mass is 10.2. The first-order valence-electron chi connectivity index (χ1n) is 7.22. The molecular weight excluding hydrogens is 298 g/mol. The highest BCUT2D eigenvalue weighted by molar-refractivity contribution is 8.04. The molecule has 0 saturated carbocycles. The zero-order valence-corrected chi connectivity index (χ0v) is 13.2. The molecule has 0 bridgehead atoms. The molecule has 0 saturated heterocycles. The van der Waals surface area contributed by atoms with Gasteiger partial charge in [0, 0.05) is 48.9 Å². The number of nitrogens with one attached hydrogen (secondary N) is 2. The fourth-order valence-corrected chi connectivity index (χ4v) is 3.26. The van der Waals surface area contributed by atoms with Crippen molar-refractivity contribution >= 4 is 34.4 Å². The van der Waals surface area contributed by atoms with Gasteiger partial charge in [0.25, 0.3) is 5.91 Å². The van der Waals surface area contributed by atoms with Crippen molar-refractivity contribution in [1.82, 2.24) is 15.3 Å². The van der Waals surface area contributed by atoms with E-state index in [1.54, 1.807) is 18.0 Å². The Morgan fingerprint density at radius 3 is 3.27 bits per heavy atom. The molecule has 1 atom stereocenters. The van der Waals surface area contributed by atoms with Gasteiger partial charge in [-0.05, 0) is 19.1 Å². The molecule has 7 heteroatoms. The van der Waals surface area contributed by atoms with Gasteiger partial charge in [-0.25, -0.2) is 4.98 Å². The van der Waals surface area contributed by atoms with Gasteiger partial charge in [0.2, 0.25) is 0 Å². The highest BCUT2D eigenvalue weighted by Crippen LogP contribution is 2.30. The Hall–Kier alpha value is -1.99. The third-order valence-electron chi connectivity index (χ3n) is 3.42. The van der Waals surface area contributed by atoms with Crippen LogP contribution in [0.2, 0.25) is 0 Å². The normalized spacial score (nSPS) is 16.5. The number of hydrogen-bond donors (Lipinski definition) is 3. The third-order valence-corrected chi connectivity index (χ3v) is 4.41. The lowest BCUT2D eigenvalue weighted by Gasteiger charge is -2.26. The maximum Gasteiger partial charge on any atom is 0.259 e. The Morgan fingerprint density at radius 1 is 1.59 bits per heavy atom. The van der Waals surface area contributed by atoms with E-state index in [2.05, 4.69) is 20.2 Å². The first kappa shape index (κ1) is 14.9. The molecule has 116 valence electrons.